The molecule has 5 rings (SSSR count). The van der Waals surface area contributed by atoms with Crippen LogP contribution in [0.3, 0.4) is 0 Å². The van der Waals surface area contributed by atoms with Gasteiger partial charge in [0, 0.05) is 16.8 Å². The number of hydrogen-bond donors (Lipinski definition) is 0. The van der Waals surface area contributed by atoms with Gasteiger partial charge in [-0.25, -0.2) is 0 Å². The summed E-state index contributed by atoms with van der Waals surface area (Å²) in [7, 11) is 0. The molecule has 1 aliphatic rings. The Hall–Kier alpha value is -3.57. The highest BCUT2D eigenvalue weighted by atomic mass is 32.2. The van der Waals surface area contributed by atoms with Crippen molar-refractivity contribution in [3.8, 4) is 5.69 Å². The van der Waals surface area contributed by atoms with Crippen molar-refractivity contribution in [2.24, 2.45) is 0 Å². The van der Waals surface area contributed by atoms with E-state index in [1.54, 1.807) is 0 Å². The number of aromatic nitrogens is 1. The van der Waals surface area contributed by atoms with E-state index in [9.17, 15) is 9.59 Å². The number of nitrogens with zero attached hydrogens (tertiary/aromatic N) is 2. The van der Waals surface area contributed by atoms with Crippen molar-refractivity contribution in [1.29, 1.82) is 0 Å². The van der Waals surface area contributed by atoms with Crippen LogP contribution >= 0.6 is 11.8 Å². The summed E-state index contributed by atoms with van der Waals surface area (Å²) in [5, 5.41) is 2.13. The van der Waals surface area contributed by atoms with Crippen molar-refractivity contribution in [2.45, 2.75) is 20.4 Å². The number of amides is 2. The van der Waals surface area contributed by atoms with E-state index < -0.39 is 0 Å². The van der Waals surface area contributed by atoms with Crippen LogP contribution in [-0.4, -0.2) is 20.6 Å². The fourth-order valence-corrected chi connectivity index (χ4v) is 5.08. The van der Waals surface area contributed by atoms with Gasteiger partial charge in [-0.1, -0.05) is 66.7 Å². The Balaban J connectivity index is 1.50. The van der Waals surface area contributed by atoms with Crippen LogP contribution in [0.2, 0.25) is 0 Å². The lowest BCUT2D eigenvalue weighted by Crippen LogP contribution is -2.27. The number of carbonyl (C=O) groups is 2. The Morgan fingerprint density at radius 2 is 1.59 bits per heavy atom. The Morgan fingerprint density at radius 3 is 2.41 bits per heavy atom. The lowest BCUT2D eigenvalue weighted by molar-refractivity contribution is -0.123. The molecule has 5 heteroatoms. The quantitative estimate of drug-likeness (QED) is 0.342. The maximum Gasteiger partial charge on any atom is 0.293 e. The summed E-state index contributed by atoms with van der Waals surface area (Å²) < 4.78 is 2.21. The third-order valence-corrected chi connectivity index (χ3v) is 6.73. The van der Waals surface area contributed by atoms with Crippen LogP contribution in [0.25, 0.3) is 22.5 Å². The van der Waals surface area contributed by atoms with Crippen LogP contribution in [0, 0.1) is 13.8 Å². The molecular formula is C27H22N2O2S. The molecule has 1 fully saturated rings. The molecule has 0 unspecified atom stereocenters. The molecule has 0 bridgehead atoms. The van der Waals surface area contributed by atoms with Crippen molar-refractivity contribution >= 4 is 39.8 Å². The number of fused-ring (bicyclic) bond motifs is 1. The van der Waals surface area contributed by atoms with Gasteiger partial charge in [-0.05, 0) is 60.3 Å². The first-order valence-corrected chi connectivity index (χ1v) is 11.3. The predicted octanol–water partition coefficient (Wildman–Crippen LogP) is 6.48. The third-order valence-electron chi connectivity index (χ3n) is 5.82. The van der Waals surface area contributed by atoms with Gasteiger partial charge in [-0.3, -0.25) is 14.5 Å². The molecule has 4 nitrogen and oxygen atoms in total. The fourth-order valence-electron chi connectivity index (χ4n) is 4.25. The Kier molecular flexibility index (Phi) is 5.19. The number of imide groups is 1. The molecule has 0 atom stereocenters. The van der Waals surface area contributed by atoms with Gasteiger partial charge in [0.2, 0.25) is 0 Å². The number of hydrogen-bond acceptors (Lipinski definition) is 3. The van der Waals surface area contributed by atoms with E-state index in [0.717, 1.165) is 40.0 Å². The van der Waals surface area contributed by atoms with E-state index in [1.165, 1.54) is 15.7 Å². The number of thioether (sulfide) groups is 1. The summed E-state index contributed by atoms with van der Waals surface area (Å²) >= 11 is 1.01. The van der Waals surface area contributed by atoms with Gasteiger partial charge < -0.3 is 4.57 Å². The van der Waals surface area contributed by atoms with Gasteiger partial charge in [0.15, 0.2) is 0 Å². The van der Waals surface area contributed by atoms with Gasteiger partial charge in [0.25, 0.3) is 11.1 Å². The van der Waals surface area contributed by atoms with Crippen LogP contribution in [0.15, 0.2) is 83.8 Å². The van der Waals surface area contributed by atoms with Gasteiger partial charge in [0.05, 0.1) is 17.1 Å². The second-order valence-electron chi connectivity index (χ2n) is 7.91. The summed E-state index contributed by atoms with van der Waals surface area (Å²) in [5.41, 5.74) is 5.10. The maximum absolute atomic E-state index is 13.0. The summed E-state index contributed by atoms with van der Waals surface area (Å²) in [4.78, 5) is 27.3. The van der Waals surface area contributed by atoms with Crippen molar-refractivity contribution in [3.05, 3.63) is 106 Å². The molecule has 0 radical (unpaired) electrons. The molecule has 32 heavy (non-hydrogen) atoms. The molecule has 0 spiro atoms. The molecule has 0 aliphatic carbocycles. The second-order valence-corrected chi connectivity index (χ2v) is 8.91. The normalized spacial score (nSPS) is 15.3. The largest absolute Gasteiger partial charge is 0.317 e. The fraction of sp³-hybridized carbons (Fsp3) is 0.111. The van der Waals surface area contributed by atoms with Crippen LogP contribution in [0.4, 0.5) is 4.79 Å². The molecule has 3 aromatic carbocycles. The highest BCUT2D eigenvalue weighted by Crippen LogP contribution is 2.35. The average Bonchev–Trinajstić information content (AvgIpc) is 3.23. The molecule has 1 saturated heterocycles. The first-order chi connectivity index (χ1) is 15.5. The summed E-state index contributed by atoms with van der Waals surface area (Å²) in [5.74, 6) is -0.237. The van der Waals surface area contributed by atoms with Crippen LogP contribution < -0.4 is 0 Å². The number of benzene rings is 3. The van der Waals surface area contributed by atoms with Gasteiger partial charge in [-0.15, -0.1) is 0 Å². The van der Waals surface area contributed by atoms with E-state index >= 15 is 0 Å². The van der Waals surface area contributed by atoms with Gasteiger partial charge in [0.1, 0.15) is 0 Å². The Morgan fingerprint density at radius 1 is 0.875 bits per heavy atom. The molecule has 1 aromatic heterocycles. The highest BCUT2D eigenvalue weighted by molar-refractivity contribution is 8.18. The summed E-state index contributed by atoms with van der Waals surface area (Å²) in [6.45, 7) is 4.40. The molecule has 0 N–H and O–H groups in total. The monoisotopic (exact) mass is 438 g/mol. The SMILES string of the molecule is Cc1cc(/C=C2\SC(=O)N(Cc3ccccc3)C2=O)c(C)n1-c1cccc2ccccc12. The zero-order valence-corrected chi connectivity index (χ0v) is 18.7. The third kappa shape index (κ3) is 3.55. The first-order valence-electron chi connectivity index (χ1n) is 10.5. The number of aryl methyl sites for hydroxylation is 1. The number of rotatable bonds is 4. The Bertz CT molecular complexity index is 1380. The topological polar surface area (TPSA) is 42.3 Å². The van der Waals surface area contributed by atoms with E-state index in [2.05, 4.69) is 54.8 Å². The summed E-state index contributed by atoms with van der Waals surface area (Å²) in [6.07, 6.45) is 1.85. The molecule has 2 amide bonds. The number of carbonyl (C=O) groups excluding carboxylic acids is 2. The van der Waals surface area contributed by atoms with E-state index in [1.807, 2.05) is 48.5 Å². The minimum absolute atomic E-state index is 0.229. The van der Waals surface area contributed by atoms with Gasteiger partial charge >= 0.3 is 0 Å². The van der Waals surface area contributed by atoms with Crippen molar-refractivity contribution < 1.29 is 9.59 Å². The zero-order chi connectivity index (χ0) is 22.2. The van der Waals surface area contributed by atoms with Crippen molar-refractivity contribution in [1.82, 2.24) is 9.47 Å². The predicted molar refractivity (Wildman–Crippen MR) is 131 cm³/mol. The van der Waals surface area contributed by atoms with Crippen molar-refractivity contribution in [3.63, 3.8) is 0 Å². The first kappa shape index (κ1) is 20.3. The van der Waals surface area contributed by atoms with Crippen LogP contribution in [0.5, 0.6) is 0 Å². The van der Waals surface area contributed by atoms with E-state index in [4.69, 9.17) is 0 Å². The minimum Gasteiger partial charge on any atom is -0.317 e. The molecule has 0 saturated carbocycles. The average molecular weight is 439 g/mol. The molecule has 158 valence electrons. The van der Waals surface area contributed by atoms with E-state index in [0.29, 0.717) is 4.91 Å². The smallest absolute Gasteiger partial charge is 0.293 e. The lowest BCUT2D eigenvalue weighted by Gasteiger charge is -2.13. The zero-order valence-electron chi connectivity index (χ0n) is 17.9. The molecular weight excluding hydrogens is 416 g/mol. The lowest BCUT2D eigenvalue weighted by atomic mass is 10.1. The van der Waals surface area contributed by atoms with Crippen molar-refractivity contribution in [2.75, 3.05) is 0 Å². The maximum atomic E-state index is 13.0. The standard InChI is InChI=1S/C27H22N2O2S/c1-18-15-22(19(2)29(18)24-14-8-12-21-11-6-7-13-23(21)24)16-25-26(30)28(27(31)32-25)17-20-9-4-3-5-10-20/h3-16H,17H2,1-2H3/b25-16-. The Labute approximate surface area is 191 Å². The minimum atomic E-state index is -0.237. The molecule has 2 heterocycles. The highest BCUT2D eigenvalue weighted by Gasteiger charge is 2.35. The second kappa shape index (κ2) is 8.17. The van der Waals surface area contributed by atoms with Gasteiger partial charge in [-0.2, -0.15) is 0 Å². The van der Waals surface area contributed by atoms with E-state index in [-0.39, 0.29) is 17.7 Å². The molecule has 1 aliphatic heterocycles. The van der Waals surface area contributed by atoms with Crippen LogP contribution in [-0.2, 0) is 11.3 Å². The molecule has 4 aromatic rings. The van der Waals surface area contributed by atoms with Crippen LogP contribution in [0.1, 0.15) is 22.5 Å². The summed E-state index contributed by atoms with van der Waals surface area (Å²) in [6, 6.07) is 26.2.